The van der Waals surface area contributed by atoms with Gasteiger partial charge in [0.05, 0.1) is 0 Å². The van der Waals surface area contributed by atoms with Crippen LogP contribution in [0.15, 0.2) is 24.3 Å². The number of carbonyl (C=O) groups is 2. The van der Waals surface area contributed by atoms with Gasteiger partial charge in [-0.05, 0) is 32.6 Å². The quantitative estimate of drug-likeness (QED) is 0.590. The van der Waals surface area contributed by atoms with E-state index in [2.05, 4.69) is 0 Å². The van der Waals surface area contributed by atoms with Gasteiger partial charge in [0, 0.05) is 17.4 Å². The Bertz CT molecular complexity index is 397. The van der Waals surface area contributed by atoms with E-state index >= 15 is 0 Å². The predicted molar refractivity (Wildman–Crippen MR) is 67.0 cm³/mol. The number of benzene rings is 1. The fourth-order valence-corrected chi connectivity index (χ4v) is 2.47. The Balaban J connectivity index is 2.01. The van der Waals surface area contributed by atoms with Crippen molar-refractivity contribution >= 4 is 12.1 Å². The van der Waals surface area contributed by atoms with Crippen LogP contribution in [0.4, 0.5) is 0 Å². The lowest BCUT2D eigenvalue weighted by Crippen LogP contribution is -2.22. The molecule has 0 bridgehead atoms. The van der Waals surface area contributed by atoms with Gasteiger partial charge in [-0.15, -0.1) is 0 Å². The van der Waals surface area contributed by atoms with Gasteiger partial charge in [0.1, 0.15) is 6.29 Å². The monoisotopic (exact) mass is 230 g/mol. The third-order valence-electron chi connectivity index (χ3n) is 3.67. The van der Waals surface area contributed by atoms with Gasteiger partial charge in [0.15, 0.2) is 5.78 Å². The van der Waals surface area contributed by atoms with Crippen molar-refractivity contribution in [1.29, 1.82) is 0 Å². The number of hydrogen-bond acceptors (Lipinski definition) is 2. The maximum atomic E-state index is 12.2. The number of aryl methyl sites for hydroxylation is 1. The Labute approximate surface area is 102 Å². The number of Topliss-reactive ketones (excluding diaryl/α,β-unsaturated/α-hetero) is 1. The van der Waals surface area contributed by atoms with Crippen molar-refractivity contribution in [2.24, 2.45) is 11.8 Å². The molecule has 0 atom stereocenters. The van der Waals surface area contributed by atoms with Gasteiger partial charge >= 0.3 is 0 Å². The van der Waals surface area contributed by atoms with Gasteiger partial charge in [-0.2, -0.15) is 0 Å². The molecule has 1 fully saturated rings. The molecule has 0 unspecified atom stereocenters. The van der Waals surface area contributed by atoms with E-state index in [0.717, 1.165) is 37.5 Å². The molecule has 0 aliphatic heterocycles. The molecule has 1 aromatic carbocycles. The highest BCUT2D eigenvalue weighted by atomic mass is 16.1. The van der Waals surface area contributed by atoms with Crippen LogP contribution < -0.4 is 0 Å². The second kappa shape index (κ2) is 5.26. The number of carbonyl (C=O) groups excluding carboxylic acids is 2. The maximum Gasteiger partial charge on any atom is 0.165 e. The van der Waals surface area contributed by atoms with Gasteiger partial charge < -0.3 is 4.79 Å². The molecule has 0 aromatic heterocycles. The van der Waals surface area contributed by atoms with E-state index in [0.29, 0.717) is 0 Å². The molecular weight excluding hydrogens is 212 g/mol. The average molecular weight is 230 g/mol. The van der Waals surface area contributed by atoms with Gasteiger partial charge in [0.2, 0.25) is 0 Å². The van der Waals surface area contributed by atoms with Gasteiger partial charge in [0.25, 0.3) is 0 Å². The highest BCUT2D eigenvalue weighted by Gasteiger charge is 2.26. The van der Waals surface area contributed by atoms with E-state index in [4.69, 9.17) is 0 Å². The first-order chi connectivity index (χ1) is 8.20. The molecule has 0 N–H and O–H groups in total. The van der Waals surface area contributed by atoms with Crippen molar-refractivity contribution < 1.29 is 9.59 Å². The van der Waals surface area contributed by atoms with Crippen LogP contribution in [-0.2, 0) is 4.79 Å². The minimum Gasteiger partial charge on any atom is -0.303 e. The molecule has 17 heavy (non-hydrogen) atoms. The summed E-state index contributed by atoms with van der Waals surface area (Å²) < 4.78 is 0. The predicted octanol–water partition coefficient (Wildman–Crippen LogP) is 3.18. The van der Waals surface area contributed by atoms with Crippen LogP contribution in [0.25, 0.3) is 0 Å². The Morgan fingerprint density at radius 2 is 1.71 bits per heavy atom. The van der Waals surface area contributed by atoms with Crippen molar-refractivity contribution in [2.45, 2.75) is 32.6 Å². The second-order valence-electron chi connectivity index (χ2n) is 4.98. The largest absolute Gasteiger partial charge is 0.303 e. The van der Waals surface area contributed by atoms with Crippen LogP contribution in [0.3, 0.4) is 0 Å². The molecule has 90 valence electrons. The second-order valence-corrected chi connectivity index (χ2v) is 4.98. The zero-order chi connectivity index (χ0) is 12.3. The van der Waals surface area contributed by atoms with E-state index in [1.54, 1.807) is 0 Å². The SMILES string of the molecule is Cc1ccc(C(=O)C2CCC(C=O)CC2)cc1. The lowest BCUT2D eigenvalue weighted by Gasteiger charge is -2.24. The van der Waals surface area contributed by atoms with E-state index in [-0.39, 0.29) is 17.6 Å². The first-order valence-electron chi connectivity index (χ1n) is 6.27. The van der Waals surface area contributed by atoms with E-state index in [9.17, 15) is 9.59 Å². The van der Waals surface area contributed by atoms with E-state index in [1.807, 2.05) is 31.2 Å². The Kier molecular flexibility index (Phi) is 3.72. The zero-order valence-electron chi connectivity index (χ0n) is 10.2. The molecule has 1 aromatic rings. The van der Waals surface area contributed by atoms with Crippen LogP contribution in [-0.4, -0.2) is 12.1 Å². The molecule has 0 radical (unpaired) electrons. The maximum absolute atomic E-state index is 12.2. The van der Waals surface area contributed by atoms with Crippen molar-refractivity contribution in [1.82, 2.24) is 0 Å². The van der Waals surface area contributed by atoms with Crippen molar-refractivity contribution in [3.8, 4) is 0 Å². The normalized spacial score (nSPS) is 24.3. The van der Waals surface area contributed by atoms with Crippen molar-refractivity contribution in [2.75, 3.05) is 0 Å². The number of aldehydes is 1. The first kappa shape index (κ1) is 12.0. The standard InChI is InChI=1S/C15H18O2/c1-11-2-6-13(7-3-11)15(17)14-8-4-12(10-16)5-9-14/h2-3,6-7,10,12,14H,4-5,8-9H2,1H3. The van der Waals surface area contributed by atoms with Crippen LogP contribution in [0, 0.1) is 18.8 Å². The van der Waals surface area contributed by atoms with E-state index < -0.39 is 0 Å². The molecule has 1 aliphatic rings. The number of ketones is 1. The Morgan fingerprint density at radius 3 is 2.24 bits per heavy atom. The van der Waals surface area contributed by atoms with Crippen molar-refractivity contribution in [3.05, 3.63) is 35.4 Å². The molecule has 0 saturated heterocycles. The van der Waals surface area contributed by atoms with Crippen LogP contribution >= 0.6 is 0 Å². The lowest BCUT2D eigenvalue weighted by molar-refractivity contribution is -0.112. The summed E-state index contributed by atoms with van der Waals surface area (Å²) >= 11 is 0. The summed E-state index contributed by atoms with van der Waals surface area (Å²) in [4.78, 5) is 22.9. The molecule has 2 heteroatoms. The summed E-state index contributed by atoms with van der Waals surface area (Å²) in [5, 5.41) is 0. The van der Waals surface area contributed by atoms with Gasteiger partial charge in [-0.1, -0.05) is 29.8 Å². The minimum absolute atomic E-state index is 0.119. The molecular formula is C15H18O2. The Morgan fingerprint density at radius 1 is 1.12 bits per heavy atom. The zero-order valence-corrected chi connectivity index (χ0v) is 10.2. The number of hydrogen-bond donors (Lipinski definition) is 0. The van der Waals surface area contributed by atoms with Crippen LogP contribution in [0.5, 0.6) is 0 Å². The van der Waals surface area contributed by atoms with E-state index in [1.165, 1.54) is 5.56 Å². The average Bonchev–Trinajstić information content (AvgIpc) is 2.39. The topological polar surface area (TPSA) is 34.1 Å². The molecule has 1 saturated carbocycles. The molecule has 0 amide bonds. The van der Waals surface area contributed by atoms with Crippen LogP contribution in [0.1, 0.15) is 41.6 Å². The number of rotatable bonds is 3. The third kappa shape index (κ3) is 2.82. The van der Waals surface area contributed by atoms with Gasteiger partial charge in [-0.3, -0.25) is 4.79 Å². The molecule has 2 rings (SSSR count). The third-order valence-corrected chi connectivity index (χ3v) is 3.67. The van der Waals surface area contributed by atoms with Crippen LogP contribution in [0.2, 0.25) is 0 Å². The summed E-state index contributed by atoms with van der Waals surface area (Å²) in [7, 11) is 0. The molecule has 0 heterocycles. The fraction of sp³-hybridized carbons (Fsp3) is 0.467. The fourth-order valence-electron chi connectivity index (χ4n) is 2.47. The summed E-state index contributed by atoms with van der Waals surface area (Å²) in [5.74, 6) is 0.542. The minimum atomic E-state index is 0.119. The summed E-state index contributed by atoms with van der Waals surface area (Å²) in [6, 6.07) is 7.77. The molecule has 1 aliphatic carbocycles. The summed E-state index contributed by atoms with van der Waals surface area (Å²) in [6.45, 7) is 2.02. The lowest BCUT2D eigenvalue weighted by atomic mass is 9.79. The van der Waals surface area contributed by atoms with Crippen molar-refractivity contribution in [3.63, 3.8) is 0 Å². The summed E-state index contributed by atoms with van der Waals surface area (Å²) in [6.07, 6.45) is 4.48. The smallest absolute Gasteiger partial charge is 0.165 e. The summed E-state index contributed by atoms with van der Waals surface area (Å²) in [5.41, 5.74) is 1.98. The molecule has 2 nitrogen and oxygen atoms in total. The highest BCUT2D eigenvalue weighted by Crippen LogP contribution is 2.30. The molecule has 0 spiro atoms. The first-order valence-corrected chi connectivity index (χ1v) is 6.27. The Hall–Kier alpha value is -1.44. The van der Waals surface area contributed by atoms with Gasteiger partial charge in [-0.25, -0.2) is 0 Å². The highest BCUT2D eigenvalue weighted by molar-refractivity contribution is 5.97.